The number of rotatable bonds is 6. The zero-order chi connectivity index (χ0) is 12.0. The molecule has 0 spiro atoms. The van der Waals surface area contributed by atoms with Gasteiger partial charge < -0.3 is 20.9 Å². The van der Waals surface area contributed by atoms with Gasteiger partial charge in [0, 0.05) is 18.7 Å². The van der Waals surface area contributed by atoms with Crippen molar-refractivity contribution in [2.75, 3.05) is 30.8 Å². The average Bonchev–Trinajstić information content (AvgIpc) is 2.26. The standard InChI is InChI=1S/C11H17FN2O2/c1-2-5-16-11-7-10(14-3-4-15)9(13)6-8(11)12/h6-7,14-15H,2-5,13H2,1H3. The molecule has 90 valence electrons. The van der Waals surface area contributed by atoms with Crippen molar-refractivity contribution >= 4 is 11.4 Å². The maximum Gasteiger partial charge on any atom is 0.167 e. The number of nitrogens with one attached hydrogen (secondary N) is 1. The number of aliphatic hydroxyl groups is 1. The van der Waals surface area contributed by atoms with E-state index in [4.69, 9.17) is 15.6 Å². The van der Waals surface area contributed by atoms with Gasteiger partial charge in [-0.15, -0.1) is 0 Å². The van der Waals surface area contributed by atoms with Crippen molar-refractivity contribution in [2.45, 2.75) is 13.3 Å². The molecule has 1 aromatic carbocycles. The van der Waals surface area contributed by atoms with E-state index in [-0.39, 0.29) is 12.4 Å². The van der Waals surface area contributed by atoms with Crippen LogP contribution >= 0.6 is 0 Å². The molecular formula is C11H17FN2O2. The third-order valence-electron chi connectivity index (χ3n) is 1.99. The first-order valence-electron chi connectivity index (χ1n) is 5.25. The van der Waals surface area contributed by atoms with E-state index in [1.807, 2.05) is 6.92 Å². The molecule has 1 aromatic rings. The molecule has 0 radical (unpaired) electrons. The maximum atomic E-state index is 13.4. The SMILES string of the molecule is CCCOc1cc(NCCO)c(N)cc1F. The Labute approximate surface area is 94.2 Å². The molecule has 0 atom stereocenters. The largest absolute Gasteiger partial charge is 0.490 e. The monoisotopic (exact) mass is 228 g/mol. The minimum Gasteiger partial charge on any atom is -0.490 e. The van der Waals surface area contributed by atoms with Crippen LogP contribution in [0.2, 0.25) is 0 Å². The first-order chi connectivity index (χ1) is 7.69. The summed E-state index contributed by atoms with van der Waals surface area (Å²) in [6, 6.07) is 2.72. The minimum atomic E-state index is -0.472. The van der Waals surface area contributed by atoms with E-state index in [1.165, 1.54) is 12.1 Å². The Kier molecular flexibility index (Phi) is 4.85. The van der Waals surface area contributed by atoms with Crippen molar-refractivity contribution in [1.29, 1.82) is 0 Å². The number of hydrogen-bond donors (Lipinski definition) is 3. The fraction of sp³-hybridized carbons (Fsp3) is 0.455. The molecule has 5 heteroatoms. The highest BCUT2D eigenvalue weighted by Gasteiger charge is 2.08. The van der Waals surface area contributed by atoms with Gasteiger partial charge in [-0.2, -0.15) is 0 Å². The molecule has 0 aliphatic carbocycles. The van der Waals surface area contributed by atoms with Gasteiger partial charge in [0.15, 0.2) is 11.6 Å². The normalized spacial score (nSPS) is 10.2. The molecule has 1 rings (SSSR count). The summed E-state index contributed by atoms with van der Waals surface area (Å²) in [5.74, 6) is -0.294. The highest BCUT2D eigenvalue weighted by Crippen LogP contribution is 2.28. The fourth-order valence-corrected chi connectivity index (χ4v) is 1.24. The lowest BCUT2D eigenvalue weighted by atomic mass is 10.2. The lowest BCUT2D eigenvalue weighted by Crippen LogP contribution is -2.08. The molecule has 0 aliphatic rings. The third kappa shape index (κ3) is 3.27. The van der Waals surface area contributed by atoms with Crippen molar-refractivity contribution in [3.63, 3.8) is 0 Å². The van der Waals surface area contributed by atoms with Crippen LogP contribution in [-0.4, -0.2) is 24.9 Å². The van der Waals surface area contributed by atoms with E-state index in [1.54, 1.807) is 0 Å². The summed E-state index contributed by atoms with van der Waals surface area (Å²) in [5.41, 5.74) is 6.49. The van der Waals surface area contributed by atoms with Crippen LogP contribution < -0.4 is 15.8 Å². The zero-order valence-electron chi connectivity index (χ0n) is 9.29. The van der Waals surface area contributed by atoms with E-state index < -0.39 is 5.82 Å². The van der Waals surface area contributed by atoms with Crippen LogP contribution in [0.4, 0.5) is 15.8 Å². The molecule has 0 saturated heterocycles. The van der Waals surface area contributed by atoms with Crippen LogP contribution in [0.1, 0.15) is 13.3 Å². The van der Waals surface area contributed by atoms with E-state index in [0.717, 1.165) is 6.42 Å². The number of halogens is 1. The Morgan fingerprint density at radius 2 is 2.25 bits per heavy atom. The number of benzene rings is 1. The van der Waals surface area contributed by atoms with Crippen LogP contribution in [0.3, 0.4) is 0 Å². The molecule has 4 N–H and O–H groups in total. The van der Waals surface area contributed by atoms with Crippen LogP contribution in [0.15, 0.2) is 12.1 Å². The summed E-state index contributed by atoms with van der Waals surface area (Å²) in [4.78, 5) is 0. The minimum absolute atomic E-state index is 0.0119. The second-order valence-corrected chi connectivity index (χ2v) is 3.37. The summed E-state index contributed by atoms with van der Waals surface area (Å²) in [6.45, 7) is 2.76. The smallest absolute Gasteiger partial charge is 0.167 e. The first-order valence-corrected chi connectivity index (χ1v) is 5.25. The first kappa shape index (κ1) is 12.6. The third-order valence-corrected chi connectivity index (χ3v) is 1.99. The number of anilines is 2. The van der Waals surface area contributed by atoms with Gasteiger partial charge in [-0.05, 0) is 6.42 Å². The zero-order valence-corrected chi connectivity index (χ0v) is 9.29. The Morgan fingerprint density at radius 3 is 2.88 bits per heavy atom. The Balaban J connectivity index is 2.83. The predicted molar refractivity (Wildman–Crippen MR) is 62.2 cm³/mol. The molecule has 0 amide bonds. The van der Waals surface area contributed by atoms with E-state index in [0.29, 0.717) is 24.5 Å². The average molecular weight is 228 g/mol. The summed E-state index contributed by atoms with van der Waals surface area (Å²) >= 11 is 0. The summed E-state index contributed by atoms with van der Waals surface area (Å²) in [6.07, 6.45) is 0.809. The molecule has 16 heavy (non-hydrogen) atoms. The number of nitrogen functional groups attached to an aromatic ring is 1. The van der Waals surface area contributed by atoms with Gasteiger partial charge in [0.2, 0.25) is 0 Å². The van der Waals surface area contributed by atoms with Crippen LogP contribution in [0.5, 0.6) is 5.75 Å². The van der Waals surface area contributed by atoms with Gasteiger partial charge in [-0.1, -0.05) is 6.92 Å². The lowest BCUT2D eigenvalue weighted by molar-refractivity contribution is 0.301. The molecule has 0 unspecified atom stereocenters. The van der Waals surface area contributed by atoms with Crippen LogP contribution in [0, 0.1) is 5.82 Å². The van der Waals surface area contributed by atoms with Crippen molar-refractivity contribution in [3.05, 3.63) is 17.9 Å². The number of ether oxygens (including phenoxy) is 1. The number of nitrogens with two attached hydrogens (primary N) is 1. The molecule has 0 fully saturated rings. The molecule has 0 saturated carbocycles. The summed E-state index contributed by atoms with van der Waals surface area (Å²) < 4.78 is 18.6. The summed E-state index contributed by atoms with van der Waals surface area (Å²) in [5, 5.41) is 11.6. The second-order valence-electron chi connectivity index (χ2n) is 3.37. The molecule has 0 bridgehead atoms. The fourth-order valence-electron chi connectivity index (χ4n) is 1.24. The molecule has 0 aliphatic heterocycles. The van der Waals surface area contributed by atoms with Crippen molar-refractivity contribution in [1.82, 2.24) is 0 Å². The maximum absolute atomic E-state index is 13.4. The Morgan fingerprint density at radius 1 is 1.50 bits per heavy atom. The van der Waals surface area contributed by atoms with Gasteiger partial charge in [0.25, 0.3) is 0 Å². The van der Waals surface area contributed by atoms with Crippen LogP contribution in [0.25, 0.3) is 0 Å². The molecule has 0 heterocycles. The molecular weight excluding hydrogens is 211 g/mol. The van der Waals surface area contributed by atoms with Gasteiger partial charge in [-0.3, -0.25) is 0 Å². The Hall–Kier alpha value is -1.49. The van der Waals surface area contributed by atoms with Crippen molar-refractivity contribution in [3.8, 4) is 5.75 Å². The van der Waals surface area contributed by atoms with Crippen LogP contribution in [-0.2, 0) is 0 Å². The summed E-state index contributed by atoms with van der Waals surface area (Å²) in [7, 11) is 0. The van der Waals surface area contributed by atoms with E-state index >= 15 is 0 Å². The van der Waals surface area contributed by atoms with Gasteiger partial charge in [0.1, 0.15) is 0 Å². The molecule has 0 aromatic heterocycles. The highest BCUT2D eigenvalue weighted by molar-refractivity contribution is 5.68. The quantitative estimate of drug-likeness (QED) is 0.647. The van der Waals surface area contributed by atoms with E-state index in [9.17, 15) is 4.39 Å². The van der Waals surface area contributed by atoms with E-state index in [2.05, 4.69) is 5.32 Å². The predicted octanol–water partition coefficient (Wildman–Crippen LogP) is 1.60. The van der Waals surface area contributed by atoms with Crippen molar-refractivity contribution < 1.29 is 14.2 Å². The van der Waals surface area contributed by atoms with Gasteiger partial charge in [-0.25, -0.2) is 4.39 Å². The molecule has 4 nitrogen and oxygen atoms in total. The topological polar surface area (TPSA) is 67.5 Å². The second kappa shape index (κ2) is 6.17. The van der Waals surface area contributed by atoms with Gasteiger partial charge >= 0.3 is 0 Å². The lowest BCUT2D eigenvalue weighted by Gasteiger charge is -2.12. The number of aliphatic hydroxyl groups excluding tert-OH is 1. The number of hydrogen-bond acceptors (Lipinski definition) is 4. The van der Waals surface area contributed by atoms with Crippen molar-refractivity contribution in [2.24, 2.45) is 0 Å². The Bertz CT molecular complexity index is 316. The van der Waals surface area contributed by atoms with Gasteiger partial charge in [0.05, 0.1) is 24.6 Å². The highest BCUT2D eigenvalue weighted by atomic mass is 19.1.